The molecule has 6 nitrogen and oxygen atoms in total. The van der Waals surface area contributed by atoms with Gasteiger partial charge in [-0.3, -0.25) is 15.1 Å². The Morgan fingerprint density at radius 2 is 1.88 bits per heavy atom. The Balaban J connectivity index is 1.36. The minimum atomic E-state index is -0.595. The lowest BCUT2D eigenvalue weighted by Crippen LogP contribution is -2.24. The first-order valence-electron chi connectivity index (χ1n) is 11.5. The smallest absolute Gasteiger partial charge is 0.274 e. The number of nitrogens with zero attached hydrogens (tertiary/aromatic N) is 3. The Labute approximate surface area is 204 Å². The molecule has 1 amide bonds. The number of anilines is 1. The maximum Gasteiger partial charge on any atom is 0.274 e. The molecule has 0 spiro atoms. The summed E-state index contributed by atoms with van der Waals surface area (Å²) in [4.78, 5) is 21.7. The molecule has 176 valence electrons. The Hall–Kier alpha value is -3.29. The molecule has 4 aromatic rings. The van der Waals surface area contributed by atoms with Crippen LogP contribution in [-0.4, -0.2) is 20.4 Å². The van der Waals surface area contributed by atoms with Crippen molar-refractivity contribution in [3.63, 3.8) is 0 Å². The molecular formula is C27H30N4O2S. The second-order valence-electron chi connectivity index (χ2n) is 8.72. The molecular weight excluding hydrogens is 444 g/mol. The van der Waals surface area contributed by atoms with Gasteiger partial charge in [-0.05, 0) is 69.0 Å². The molecule has 0 aliphatic carbocycles. The van der Waals surface area contributed by atoms with Crippen molar-refractivity contribution in [3.05, 3.63) is 101 Å². The van der Waals surface area contributed by atoms with Crippen molar-refractivity contribution < 1.29 is 9.53 Å². The molecule has 34 heavy (non-hydrogen) atoms. The van der Waals surface area contributed by atoms with Crippen molar-refractivity contribution in [2.24, 2.45) is 0 Å². The molecule has 1 atom stereocenters. The predicted octanol–water partition coefficient (Wildman–Crippen LogP) is 6.24. The van der Waals surface area contributed by atoms with E-state index in [1.807, 2.05) is 79.4 Å². The zero-order chi connectivity index (χ0) is 24.0. The van der Waals surface area contributed by atoms with Crippen molar-refractivity contribution in [2.75, 3.05) is 5.32 Å². The average Bonchev–Trinajstić information content (AvgIpc) is 3.50. The van der Waals surface area contributed by atoms with E-state index in [-0.39, 0.29) is 12.0 Å². The van der Waals surface area contributed by atoms with Gasteiger partial charge in [-0.1, -0.05) is 30.3 Å². The predicted molar refractivity (Wildman–Crippen MR) is 136 cm³/mol. The van der Waals surface area contributed by atoms with E-state index in [1.54, 1.807) is 12.4 Å². The number of carbonyl (C=O) groups is 1. The molecule has 0 saturated carbocycles. The van der Waals surface area contributed by atoms with Crippen LogP contribution in [0.3, 0.4) is 0 Å². The van der Waals surface area contributed by atoms with E-state index in [0.29, 0.717) is 10.8 Å². The normalized spacial score (nSPS) is 12.4. The summed E-state index contributed by atoms with van der Waals surface area (Å²) in [5, 5.41) is 5.46. The number of rotatable bonds is 10. The van der Waals surface area contributed by atoms with E-state index in [2.05, 4.69) is 27.4 Å². The molecule has 0 fully saturated rings. The molecule has 0 radical (unpaired) electrons. The highest BCUT2D eigenvalue weighted by atomic mass is 32.1. The van der Waals surface area contributed by atoms with Crippen LogP contribution < -0.4 is 5.32 Å². The quantitative estimate of drug-likeness (QED) is 0.295. The van der Waals surface area contributed by atoms with Gasteiger partial charge in [0.25, 0.3) is 5.91 Å². The van der Waals surface area contributed by atoms with Crippen LogP contribution in [-0.2, 0) is 23.3 Å². The minimum Gasteiger partial charge on any atom is -0.362 e. The third-order valence-corrected chi connectivity index (χ3v) is 6.52. The number of aryl methyl sites for hydroxylation is 2. The second kappa shape index (κ2) is 10.8. The van der Waals surface area contributed by atoms with E-state index in [1.165, 1.54) is 16.9 Å². The fourth-order valence-electron chi connectivity index (χ4n) is 3.88. The highest BCUT2D eigenvalue weighted by Gasteiger charge is 2.28. The summed E-state index contributed by atoms with van der Waals surface area (Å²) in [6, 6.07) is 17.9. The first kappa shape index (κ1) is 23.9. The molecule has 7 heteroatoms. The van der Waals surface area contributed by atoms with E-state index in [0.717, 1.165) is 30.6 Å². The number of pyridine rings is 1. The lowest BCUT2D eigenvalue weighted by atomic mass is 10.0. The molecule has 1 N–H and O–H groups in total. The van der Waals surface area contributed by atoms with Gasteiger partial charge < -0.3 is 9.30 Å². The SMILES string of the molecule is CC(OC(C)(C)c1csc(NC(=O)c2cccn2CCCc2ccncc2)n1)c1ccccc1. The number of benzene rings is 1. The Morgan fingerprint density at radius 1 is 1.12 bits per heavy atom. The lowest BCUT2D eigenvalue weighted by molar-refractivity contribution is -0.0724. The third-order valence-electron chi connectivity index (χ3n) is 5.76. The molecule has 0 aliphatic heterocycles. The number of carbonyl (C=O) groups excluding carboxylic acids is 1. The van der Waals surface area contributed by atoms with Crippen LogP contribution in [0.15, 0.2) is 78.6 Å². The highest BCUT2D eigenvalue weighted by molar-refractivity contribution is 7.14. The standard InChI is InChI=1S/C27H30N4O2S/c1-20(22-10-5-4-6-11-22)33-27(2,3)24-19-34-26(29-24)30-25(32)23-12-8-18-31(23)17-7-9-21-13-15-28-16-14-21/h4-6,8,10-16,18-20H,7,9,17H2,1-3H3,(H,29,30,32). The van der Waals surface area contributed by atoms with Gasteiger partial charge in [-0.25, -0.2) is 4.98 Å². The van der Waals surface area contributed by atoms with Gasteiger partial charge in [0.1, 0.15) is 11.3 Å². The third kappa shape index (κ3) is 5.98. The van der Waals surface area contributed by atoms with E-state index in [4.69, 9.17) is 4.74 Å². The van der Waals surface area contributed by atoms with Gasteiger partial charge in [-0.15, -0.1) is 11.3 Å². The minimum absolute atomic E-state index is 0.0774. The maximum absolute atomic E-state index is 12.9. The van der Waals surface area contributed by atoms with E-state index < -0.39 is 5.60 Å². The Morgan fingerprint density at radius 3 is 2.65 bits per heavy atom. The molecule has 0 bridgehead atoms. The zero-order valence-electron chi connectivity index (χ0n) is 19.8. The summed E-state index contributed by atoms with van der Waals surface area (Å²) in [6.07, 6.45) is 7.35. The van der Waals surface area contributed by atoms with Crippen LogP contribution in [0.25, 0.3) is 0 Å². The first-order valence-corrected chi connectivity index (χ1v) is 12.3. The molecule has 3 heterocycles. The number of hydrogen-bond donors (Lipinski definition) is 1. The maximum atomic E-state index is 12.9. The molecule has 1 unspecified atom stereocenters. The van der Waals surface area contributed by atoms with Gasteiger partial charge in [0.15, 0.2) is 5.13 Å². The van der Waals surface area contributed by atoms with Crippen LogP contribution >= 0.6 is 11.3 Å². The molecule has 3 aromatic heterocycles. The summed E-state index contributed by atoms with van der Waals surface area (Å²) < 4.78 is 8.31. The van der Waals surface area contributed by atoms with Gasteiger partial charge in [0, 0.05) is 30.5 Å². The lowest BCUT2D eigenvalue weighted by Gasteiger charge is -2.28. The number of aromatic nitrogens is 3. The van der Waals surface area contributed by atoms with Gasteiger partial charge in [0.05, 0.1) is 11.8 Å². The van der Waals surface area contributed by atoms with Crippen molar-refractivity contribution in [1.29, 1.82) is 0 Å². The van der Waals surface area contributed by atoms with Gasteiger partial charge >= 0.3 is 0 Å². The molecule has 0 aliphatic rings. The Bertz CT molecular complexity index is 1200. The number of amides is 1. The van der Waals surface area contributed by atoms with Crippen molar-refractivity contribution >= 4 is 22.4 Å². The summed E-state index contributed by atoms with van der Waals surface area (Å²) in [5.41, 5.74) is 3.18. The van der Waals surface area contributed by atoms with Crippen LogP contribution in [0.2, 0.25) is 0 Å². The van der Waals surface area contributed by atoms with Gasteiger partial charge in [0.2, 0.25) is 0 Å². The zero-order valence-corrected chi connectivity index (χ0v) is 20.6. The van der Waals surface area contributed by atoms with Crippen molar-refractivity contribution in [1.82, 2.24) is 14.5 Å². The first-order chi connectivity index (χ1) is 16.4. The Kier molecular flexibility index (Phi) is 7.55. The molecule has 4 rings (SSSR count). The average molecular weight is 475 g/mol. The summed E-state index contributed by atoms with van der Waals surface area (Å²) in [5.74, 6) is -0.161. The highest BCUT2D eigenvalue weighted by Crippen LogP contribution is 2.33. The molecule has 0 saturated heterocycles. The molecule has 1 aromatic carbocycles. The van der Waals surface area contributed by atoms with Crippen LogP contribution in [0.5, 0.6) is 0 Å². The number of hydrogen-bond acceptors (Lipinski definition) is 5. The van der Waals surface area contributed by atoms with E-state index >= 15 is 0 Å². The van der Waals surface area contributed by atoms with Crippen LogP contribution in [0, 0.1) is 0 Å². The van der Waals surface area contributed by atoms with Crippen LogP contribution in [0.4, 0.5) is 5.13 Å². The van der Waals surface area contributed by atoms with Crippen molar-refractivity contribution in [2.45, 2.75) is 51.9 Å². The number of nitrogens with one attached hydrogen (secondary N) is 1. The number of thiazole rings is 1. The van der Waals surface area contributed by atoms with Crippen LogP contribution in [0.1, 0.15) is 60.6 Å². The van der Waals surface area contributed by atoms with Crippen molar-refractivity contribution in [3.8, 4) is 0 Å². The largest absolute Gasteiger partial charge is 0.362 e. The number of ether oxygens (including phenoxy) is 1. The van der Waals surface area contributed by atoms with E-state index in [9.17, 15) is 4.79 Å². The fraction of sp³-hybridized carbons (Fsp3) is 0.296. The van der Waals surface area contributed by atoms with Gasteiger partial charge in [-0.2, -0.15) is 0 Å². The topological polar surface area (TPSA) is 69.0 Å². The summed E-state index contributed by atoms with van der Waals surface area (Å²) in [6.45, 7) is 6.80. The second-order valence-corrected chi connectivity index (χ2v) is 9.58. The fourth-order valence-corrected chi connectivity index (χ4v) is 4.74. The monoisotopic (exact) mass is 474 g/mol. The summed E-state index contributed by atoms with van der Waals surface area (Å²) >= 11 is 1.41. The summed E-state index contributed by atoms with van der Waals surface area (Å²) in [7, 11) is 0.